The first-order valence-electron chi connectivity index (χ1n) is 6.56. The van der Waals surface area contributed by atoms with Crippen LogP contribution in [0.15, 0.2) is 46.9 Å². The molecule has 0 aliphatic carbocycles. The molecule has 0 fully saturated rings. The minimum atomic E-state index is -0.571. The third-order valence-corrected chi connectivity index (χ3v) is 3.48. The van der Waals surface area contributed by atoms with Gasteiger partial charge >= 0.3 is 0 Å². The molecule has 0 radical (unpaired) electrons. The molecule has 0 saturated carbocycles. The van der Waals surface area contributed by atoms with Crippen molar-refractivity contribution in [1.82, 2.24) is 0 Å². The van der Waals surface area contributed by atoms with Gasteiger partial charge in [-0.15, -0.1) is 0 Å². The van der Waals surface area contributed by atoms with Crippen molar-refractivity contribution in [2.45, 2.75) is 12.8 Å². The van der Waals surface area contributed by atoms with Gasteiger partial charge < -0.3 is 10.4 Å². The highest BCUT2D eigenvalue weighted by molar-refractivity contribution is 9.10. The van der Waals surface area contributed by atoms with Gasteiger partial charge in [0.25, 0.3) is 5.91 Å². The van der Waals surface area contributed by atoms with Crippen LogP contribution in [-0.2, 0) is 6.42 Å². The van der Waals surface area contributed by atoms with Crippen LogP contribution in [-0.4, -0.2) is 17.6 Å². The van der Waals surface area contributed by atoms with Gasteiger partial charge in [0.1, 0.15) is 5.82 Å². The summed E-state index contributed by atoms with van der Waals surface area (Å²) in [6, 6.07) is 11.6. The summed E-state index contributed by atoms with van der Waals surface area (Å²) >= 11 is 3.15. The summed E-state index contributed by atoms with van der Waals surface area (Å²) in [5, 5.41) is 11.5. The molecule has 0 aliphatic rings. The van der Waals surface area contributed by atoms with Gasteiger partial charge in [-0.25, -0.2) is 4.39 Å². The zero-order valence-electron chi connectivity index (χ0n) is 11.3. The predicted octanol–water partition coefficient (Wildman–Crippen LogP) is 3.77. The van der Waals surface area contributed by atoms with Gasteiger partial charge in [0.05, 0.1) is 5.56 Å². The Morgan fingerprint density at radius 3 is 2.76 bits per heavy atom. The number of nitrogens with one attached hydrogen (secondary N) is 1. The fraction of sp³-hybridized carbons (Fsp3) is 0.188. The van der Waals surface area contributed by atoms with Gasteiger partial charge in [0.2, 0.25) is 0 Å². The van der Waals surface area contributed by atoms with E-state index in [1.165, 1.54) is 12.1 Å². The van der Waals surface area contributed by atoms with E-state index in [2.05, 4.69) is 21.2 Å². The molecule has 2 aromatic rings. The van der Waals surface area contributed by atoms with Crippen molar-refractivity contribution in [3.05, 3.63) is 63.9 Å². The van der Waals surface area contributed by atoms with Crippen molar-refractivity contribution in [2.24, 2.45) is 0 Å². The second-order valence-electron chi connectivity index (χ2n) is 4.61. The van der Waals surface area contributed by atoms with Gasteiger partial charge in [0.15, 0.2) is 0 Å². The maximum atomic E-state index is 13.7. The van der Waals surface area contributed by atoms with Crippen molar-refractivity contribution >= 4 is 27.5 Å². The van der Waals surface area contributed by atoms with Gasteiger partial charge in [-0.3, -0.25) is 4.79 Å². The summed E-state index contributed by atoms with van der Waals surface area (Å²) in [6.07, 6.45) is 1.39. The molecule has 3 nitrogen and oxygen atoms in total. The highest BCUT2D eigenvalue weighted by atomic mass is 79.9. The normalized spacial score (nSPS) is 10.4. The molecular weight excluding hydrogens is 337 g/mol. The fourth-order valence-corrected chi connectivity index (χ4v) is 2.29. The van der Waals surface area contributed by atoms with E-state index in [-0.39, 0.29) is 12.2 Å². The summed E-state index contributed by atoms with van der Waals surface area (Å²) in [4.78, 5) is 12.1. The first-order chi connectivity index (χ1) is 10.1. The van der Waals surface area contributed by atoms with Crippen LogP contribution >= 0.6 is 15.9 Å². The van der Waals surface area contributed by atoms with Crippen LogP contribution in [0.3, 0.4) is 0 Å². The zero-order valence-corrected chi connectivity index (χ0v) is 12.9. The number of aryl methyl sites for hydroxylation is 1. The average Bonchev–Trinajstić information content (AvgIpc) is 2.45. The molecule has 0 heterocycles. The van der Waals surface area contributed by atoms with Crippen LogP contribution in [0, 0.1) is 5.82 Å². The average molecular weight is 352 g/mol. The number of anilines is 1. The van der Waals surface area contributed by atoms with Crippen LogP contribution in [0.25, 0.3) is 0 Å². The molecule has 0 aliphatic heterocycles. The minimum Gasteiger partial charge on any atom is -0.396 e. The Balaban J connectivity index is 2.12. The molecule has 0 unspecified atom stereocenters. The van der Waals surface area contributed by atoms with Crippen molar-refractivity contribution in [3.8, 4) is 0 Å². The summed E-state index contributed by atoms with van der Waals surface area (Å²) in [6.45, 7) is 0.126. The highest BCUT2D eigenvalue weighted by Gasteiger charge is 2.12. The molecule has 0 bridgehead atoms. The molecule has 0 spiro atoms. The van der Waals surface area contributed by atoms with Crippen LogP contribution in [0.5, 0.6) is 0 Å². The molecule has 0 saturated heterocycles. The second kappa shape index (κ2) is 7.33. The maximum absolute atomic E-state index is 13.7. The van der Waals surface area contributed by atoms with Crippen LogP contribution in [0.4, 0.5) is 10.1 Å². The van der Waals surface area contributed by atoms with Crippen molar-refractivity contribution < 1.29 is 14.3 Å². The van der Waals surface area contributed by atoms with Gasteiger partial charge in [-0.2, -0.15) is 0 Å². The third-order valence-electron chi connectivity index (χ3n) is 2.98. The first kappa shape index (κ1) is 15.7. The predicted molar refractivity (Wildman–Crippen MR) is 83.9 cm³/mol. The number of carbonyl (C=O) groups is 1. The summed E-state index contributed by atoms with van der Waals surface area (Å²) in [5.74, 6) is -1.06. The molecule has 2 N–H and O–H groups in total. The van der Waals surface area contributed by atoms with Crippen molar-refractivity contribution in [1.29, 1.82) is 0 Å². The standard InChI is InChI=1S/C16H15BrFNO2/c17-12-6-7-14(15(18)10-12)16(21)19-13-5-1-3-11(9-13)4-2-8-20/h1,3,5-7,9-10,20H,2,4,8H2,(H,19,21). The highest BCUT2D eigenvalue weighted by Crippen LogP contribution is 2.18. The molecule has 5 heteroatoms. The number of rotatable bonds is 5. The number of aliphatic hydroxyl groups is 1. The summed E-state index contributed by atoms with van der Waals surface area (Å²) < 4.78 is 14.3. The number of carbonyl (C=O) groups excluding carboxylic acids is 1. The van der Waals surface area contributed by atoms with E-state index < -0.39 is 11.7 Å². The van der Waals surface area contributed by atoms with E-state index in [1.807, 2.05) is 18.2 Å². The van der Waals surface area contributed by atoms with Crippen LogP contribution in [0.1, 0.15) is 22.3 Å². The monoisotopic (exact) mass is 351 g/mol. The molecule has 0 aromatic heterocycles. The number of amides is 1. The number of hydrogen-bond donors (Lipinski definition) is 2. The van der Waals surface area contributed by atoms with E-state index >= 15 is 0 Å². The van der Waals surface area contributed by atoms with E-state index in [0.29, 0.717) is 16.6 Å². The lowest BCUT2D eigenvalue weighted by Gasteiger charge is -2.08. The fourth-order valence-electron chi connectivity index (χ4n) is 1.96. The Morgan fingerprint density at radius 1 is 1.24 bits per heavy atom. The second-order valence-corrected chi connectivity index (χ2v) is 5.52. The lowest BCUT2D eigenvalue weighted by Crippen LogP contribution is -2.13. The molecule has 110 valence electrons. The van der Waals surface area contributed by atoms with Gasteiger partial charge in [-0.05, 0) is 48.7 Å². The smallest absolute Gasteiger partial charge is 0.258 e. The minimum absolute atomic E-state index is 0.000962. The Labute approximate surface area is 130 Å². The Bertz CT molecular complexity index is 646. The number of hydrogen-bond acceptors (Lipinski definition) is 2. The van der Waals surface area contributed by atoms with E-state index in [4.69, 9.17) is 5.11 Å². The summed E-state index contributed by atoms with van der Waals surface area (Å²) in [7, 11) is 0. The molecular formula is C16H15BrFNO2. The Morgan fingerprint density at radius 2 is 2.05 bits per heavy atom. The Hall–Kier alpha value is -1.72. The molecule has 2 aromatic carbocycles. The van der Waals surface area contributed by atoms with Crippen molar-refractivity contribution in [2.75, 3.05) is 11.9 Å². The zero-order chi connectivity index (χ0) is 15.2. The summed E-state index contributed by atoms with van der Waals surface area (Å²) in [5.41, 5.74) is 1.62. The lowest BCUT2D eigenvalue weighted by molar-refractivity contribution is 0.102. The largest absolute Gasteiger partial charge is 0.396 e. The molecule has 1 amide bonds. The number of benzene rings is 2. The van der Waals surface area contributed by atoms with E-state index in [1.54, 1.807) is 12.1 Å². The van der Waals surface area contributed by atoms with E-state index in [9.17, 15) is 9.18 Å². The van der Waals surface area contributed by atoms with Crippen LogP contribution < -0.4 is 5.32 Å². The third kappa shape index (κ3) is 4.37. The van der Waals surface area contributed by atoms with Crippen LogP contribution in [0.2, 0.25) is 0 Å². The quantitative estimate of drug-likeness (QED) is 0.861. The van der Waals surface area contributed by atoms with Gasteiger partial charge in [0, 0.05) is 16.8 Å². The number of halogens is 2. The van der Waals surface area contributed by atoms with Gasteiger partial charge in [-0.1, -0.05) is 28.1 Å². The van der Waals surface area contributed by atoms with E-state index in [0.717, 1.165) is 12.0 Å². The van der Waals surface area contributed by atoms with Crippen molar-refractivity contribution in [3.63, 3.8) is 0 Å². The molecule has 0 atom stereocenters. The molecule has 21 heavy (non-hydrogen) atoms. The lowest BCUT2D eigenvalue weighted by atomic mass is 10.1. The SMILES string of the molecule is O=C(Nc1cccc(CCCO)c1)c1ccc(Br)cc1F. The first-order valence-corrected chi connectivity index (χ1v) is 7.35. The maximum Gasteiger partial charge on any atom is 0.258 e. The topological polar surface area (TPSA) is 49.3 Å². The Kier molecular flexibility index (Phi) is 5.47. The molecule has 2 rings (SSSR count). The number of aliphatic hydroxyl groups excluding tert-OH is 1.